The Bertz CT molecular complexity index is 1140. The molecule has 0 spiro atoms. The van der Waals surface area contributed by atoms with Crippen LogP contribution >= 0.6 is 0 Å². The average molecular weight is 456 g/mol. The summed E-state index contributed by atoms with van der Waals surface area (Å²) in [4.78, 5) is 40.6. The summed E-state index contributed by atoms with van der Waals surface area (Å²) >= 11 is 0. The zero-order chi connectivity index (χ0) is 24.0. The molecule has 5 nitrogen and oxygen atoms in total. The van der Waals surface area contributed by atoms with Gasteiger partial charge in [0, 0.05) is 17.7 Å². The Kier molecular flexibility index (Phi) is 5.42. The lowest BCUT2D eigenvalue weighted by atomic mass is 9.72. The second kappa shape index (κ2) is 7.86. The first-order valence-corrected chi connectivity index (χ1v) is 10.5. The SMILES string of the molecule is CC1(C)CC(=O)C2=C(C1)N(Cc1ccccc1)C(=O)[C@]2(NC(=O)c1ccccc1)C(F)(F)F. The number of nitrogens with one attached hydrogen (secondary N) is 1. The van der Waals surface area contributed by atoms with Gasteiger partial charge in [0.05, 0.1) is 12.1 Å². The van der Waals surface area contributed by atoms with Crippen LogP contribution < -0.4 is 5.32 Å². The predicted molar refractivity (Wildman–Crippen MR) is 115 cm³/mol. The third kappa shape index (κ3) is 3.83. The predicted octanol–water partition coefficient (Wildman–Crippen LogP) is 4.40. The van der Waals surface area contributed by atoms with Crippen molar-refractivity contribution in [2.75, 3.05) is 0 Å². The summed E-state index contributed by atoms with van der Waals surface area (Å²) in [7, 11) is 0. The van der Waals surface area contributed by atoms with Crippen molar-refractivity contribution in [3.63, 3.8) is 0 Å². The Morgan fingerprint density at radius 3 is 2.12 bits per heavy atom. The number of halogens is 3. The second-order valence-corrected chi connectivity index (χ2v) is 9.21. The molecule has 1 aliphatic heterocycles. The summed E-state index contributed by atoms with van der Waals surface area (Å²) in [6, 6.07) is 15.9. The Balaban J connectivity index is 1.88. The zero-order valence-corrected chi connectivity index (χ0v) is 18.2. The number of carbonyl (C=O) groups excluding carboxylic acids is 3. The van der Waals surface area contributed by atoms with Crippen LogP contribution in [-0.4, -0.2) is 34.2 Å². The minimum absolute atomic E-state index is 0.0239. The van der Waals surface area contributed by atoms with Crippen LogP contribution in [0.1, 0.15) is 42.6 Å². The van der Waals surface area contributed by atoms with E-state index in [9.17, 15) is 27.6 Å². The van der Waals surface area contributed by atoms with Gasteiger partial charge in [0.25, 0.3) is 11.8 Å². The maximum Gasteiger partial charge on any atom is 0.425 e. The number of ketones is 1. The van der Waals surface area contributed by atoms with Crippen LogP contribution in [0.3, 0.4) is 0 Å². The van der Waals surface area contributed by atoms with Gasteiger partial charge in [0.2, 0.25) is 5.54 Å². The smallest absolute Gasteiger partial charge is 0.326 e. The molecule has 0 bridgehead atoms. The molecule has 0 unspecified atom stereocenters. The van der Waals surface area contributed by atoms with E-state index < -0.39 is 40.3 Å². The van der Waals surface area contributed by atoms with E-state index in [-0.39, 0.29) is 30.6 Å². The molecule has 1 N–H and O–H groups in total. The summed E-state index contributed by atoms with van der Waals surface area (Å²) in [6.07, 6.45) is -5.28. The number of carbonyl (C=O) groups is 3. The zero-order valence-electron chi connectivity index (χ0n) is 18.2. The van der Waals surface area contributed by atoms with Crippen molar-refractivity contribution >= 4 is 17.6 Å². The van der Waals surface area contributed by atoms with Gasteiger partial charge >= 0.3 is 6.18 Å². The molecule has 0 saturated heterocycles. The molecule has 2 aromatic carbocycles. The number of rotatable bonds is 4. The lowest BCUT2D eigenvalue weighted by Crippen LogP contribution is -2.66. The van der Waals surface area contributed by atoms with Crippen molar-refractivity contribution in [3.8, 4) is 0 Å². The van der Waals surface area contributed by atoms with E-state index in [2.05, 4.69) is 0 Å². The lowest BCUT2D eigenvalue weighted by molar-refractivity contribution is -0.190. The molecular formula is C25H23F3N2O3. The standard InChI is InChI=1S/C25H23F3N2O3/c1-23(2)13-18-20(19(31)14-23)24(25(26,27)28,29-21(32)17-11-7-4-8-12-17)22(33)30(18)15-16-9-5-3-6-10-16/h3-12H,13-15H2,1-2H3,(H,29,32)/t24-/m0/s1. The molecule has 2 amide bonds. The minimum atomic E-state index is -5.22. The number of benzene rings is 2. The minimum Gasteiger partial charge on any atom is -0.326 e. The molecule has 2 aromatic rings. The van der Waals surface area contributed by atoms with Crippen LogP contribution in [0, 0.1) is 5.41 Å². The van der Waals surface area contributed by atoms with Crippen LogP contribution in [-0.2, 0) is 16.1 Å². The summed E-state index contributed by atoms with van der Waals surface area (Å²) in [6.45, 7) is 3.41. The van der Waals surface area contributed by atoms with E-state index >= 15 is 0 Å². The Labute approximate surface area is 189 Å². The quantitative estimate of drug-likeness (QED) is 0.742. The van der Waals surface area contributed by atoms with E-state index in [1.165, 1.54) is 24.3 Å². The second-order valence-electron chi connectivity index (χ2n) is 9.21. The van der Waals surface area contributed by atoms with Gasteiger partial charge in [-0.1, -0.05) is 62.4 Å². The highest BCUT2D eigenvalue weighted by Gasteiger charge is 2.71. The molecule has 172 valence electrons. The van der Waals surface area contributed by atoms with Gasteiger partial charge in [-0.2, -0.15) is 13.2 Å². The molecule has 1 heterocycles. The Hall–Kier alpha value is -3.42. The van der Waals surface area contributed by atoms with Crippen molar-refractivity contribution in [2.24, 2.45) is 5.41 Å². The van der Waals surface area contributed by atoms with Crippen LogP contribution in [0.4, 0.5) is 13.2 Å². The number of nitrogens with zero attached hydrogens (tertiary/aromatic N) is 1. The third-order valence-electron chi connectivity index (χ3n) is 6.07. The van der Waals surface area contributed by atoms with Crippen LogP contribution in [0.5, 0.6) is 0 Å². The van der Waals surface area contributed by atoms with E-state index in [0.717, 1.165) is 4.90 Å². The molecule has 1 atom stereocenters. The summed E-state index contributed by atoms with van der Waals surface area (Å²) < 4.78 is 44.2. The van der Waals surface area contributed by atoms with Crippen LogP contribution in [0.25, 0.3) is 0 Å². The van der Waals surface area contributed by atoms with Gasteiger partial charge in [-0.3, -0.25) is 14.4 Å². The number of Topliss-reactive ketones (excluding diaryl/α,β-unsaturated/α-hetero) is 1. The highest BCUT2D eigenvalue weighted by atomic mass is 19.4. The largest absolute Gasteiger partial charge is 0.425 e. The van der Waals surface area contributed by atoms with Crippen molar-refractivity contribution in [3.05, 3.63) is 83.1 Å². The fourth-order valence-corrected chi connectivity index (χ4v) is 4.59. The monoisotopic (exact) mass is 456 g/mol. The summed E-state index contributed by atoms with van der Waals surface area (Å²) in [5.74, 6) is -3.22. The topological polar surface area (TPSA) is 66.5 Å². The average Bonchev–Trinajstić information content (AvgIpc) is 2.97. The molecule has 2 aliphatic rings. The van der Waals surface area contributed by atoms with Crippen molar-refractivity contribution in [1.82, 2.24) is 10.2 Å². The van der Waals surface area contributed by atoms with Gasteiger partial charge < -0.3 is 10.2 Å². The first kappa shape index (κ1) is 22.8. The summed E-state index contributed by atoms with van der Waals surface area (Å²) in [5.41, 5.74) is -4.13. The van der Waals surface area contributed by atoms with Gasteiger partial charge in [-0.25, -0.2) is 0 Å². The summed E-state index contributed by atoms with van der Waals surface area (Å²) in [5, 5.41) is 1.94. The first-order valence-electron chi connectivity index (χ1n) is 10.5. The highest BCUT2D eigenvalue weighted by molar-refractivity contribution is 6.14. The third-order valence-corrected chi connectivity index (χ3v) is 6.07. The number of alkyl halides is 3. The molecule has 0 aromatic heterocycles. The Morgan fingerprint density at radius 1 is 0.970 bits per heavy atom. The molecular weight excluding hydrogens is 433 g/mol. The van der Waals surface area contributed by atoms with E-state index in [0.29, 0.717) is 5.56 Å². The highest BCUT2D eigenvalue weighted by Crippen LogP contribution is 2.52. The van der Waals surface area contributed by atoms with Gasteiger partial charge in [-0.15, -0.1) is 0 Å². The van der Waals surface area contributed by atoms with E-state index in [1.807, 2.05) is 5.32 Å². The molecule has 8 heteroatoms. The lowest BCUT2D eigenvalue weighted by Gasteiger charge is -2.35. The van der Waals surface area contributed by atoms with Gasteiger partial charge in [-0.05, 0) is 29.5 Å². The van der Waals surface area contributed by atoms with Crippen LogP contribution in [0.2, 0.25) is 0 Å². The Morgan fingerprint density at radius 2 is 1.55 bits per heavy atom. The number of allylic oxidation sites excluding steroid dienone is 1. The number of hydrogen-bond donors (Lipinski definition) is 1. The normalized spacial score (nSPS) is 22.4. The van der Waals surface area contributed by atoms with Gasteiger partial charge in [0.1, 0.15) is 0 Å². The van der Waals surface area contributed by atoms with E-state index in [1.54, 1.807) is 50.2 Å². The molecule has 33 heavy (non-hydrogen) atoms. The van der Waals surface area contributed by atoms with Crippen LogP contribution in [0.15, 0.2) is 71.9 Å². The van der Waals surface area contributed by atoms with E-state index in [4.69, 9.17) is 0 Å². The maximum absolute atomic E-state index is 14.7. The molecule has 0 fully saturated rings. The molecule has 0 radical (unpaired) electrons. The molecule has 0 saturated carbocycles. The van der Waals surface area contributed by atoms with Crippen molar-refractivity contribution < 1.29 is 27.6 Å². The van der Waals surface area contributed by atoms with Crippen molar-refractivity contribution in [1.29, 1.82) is 0 Å². The molecule has 4 rings (SSSR count). The maximum atomic E-state index is 14.7. The first-order chi connectivity index (χ1) is 15.5. The fourth-order valence-electron chi connectivity index (χ4n) is 4.59. The fraction of sp³-hybridized carbons (Fsp3) is 0.320. The number of hydrogen-bond acceptors (Lipinski definition) is 3. The molecule has 1 aliphatic carbocycles. The van der Waals surface area contributed by atoms with Gasteiger partial charge in [0.15, 0.2) is 5.78 Å². The van der Waals surface area contributed by atoms with Crippen molar-refractivity contribution in [2.45, 2.75) is 44.9 Å². The number of amides is 2.